The molecule has 0 aromatic carbocycles. The topological polar surface area (TPSA) is 48.4 Å². The third-order valence-corrected chi connectivity index (χ3v) is 2.02. The van der Waals surface area contributed by atoms with Crippen LogP contribution >= 0.6 is 0 Å². The van der Waals surface area contributed by atoms with Gasteiger partial charge in [0.25, 0.3) is 6.43 Å². The number of aromatic nitrogens is 1. The molecule has 1 heterocycles. The van der Waals surface area contributed by atoms with Crippen molar-refractivity contribution in [2.75, 3.05) is 14.2 Å². The lowest BCUT2D eigenvalue weighted by atomic mass is 10.1. The van der Waals surface area contributed by atoms with E-state index < -0.39 is 30.3 Å². The molecule has 0 aliphatic heterocycles. The Morgan fingerprint density at radius 1 is 1.47 bits per heavy atom. The predicted octanol–water partition coefficient (Wildman–Crippen LogP) is 1.88. The first-order valence-electron chi connectivity index (χ1n) is 4.57. The van der Waals surface area contributed by atoms with E-state index >= 15 is 0 Å². The molecule has 1 rings (SSSR count). The zero-order chi connectivity index (χ0) is 13.0. The first-order valence-corrected chi connectivity index (χ1v) is 4.57. The van der Waals surface area contributed by atoms with Crippen molar-refractivity contribution in [3.63, 3.8) is 0 Å². The fraction of sp³-hybridized carbons (Fsp3) is 0.400. The molecular formula is C10H10F3NO3. The molecule has 17 heavy (non-hydrogen) atoms. The molecule has 0 saturated heterocycles. The molecule has 0 spiro atoms. The standard InChI is InChI=1S/C10H10F3NO3/c1-16-8(15)3-5-6(11)4-7(9(12)13)14-10(5)17-2/h4,9H,3H2,1-2H3. The molecule has 0 aliphatic rings. The lowest BCUT2D eigenvalue weighted by Crippen LogP contribution is -2.10. The largest absolute Gasteiger partial charge is 0.481 e. The summed E-state index contributed by atoms with van der Waals surface area (Å²) >= 11 is 0. The van der Waals surface area contributed by atoms with Crippen LogP contribution in [0.4, 0.5) is 13.2 Å². The van der Waals surface area contributed by atoms with Crippen LogP contribution in [0.3, 0.4) is 0 Å². The van der Waals surface area contributed by atoms with Crippen LogP contribution in [0, 0.1) is 5.82 Å². The molecule has 1 aromatic heterocycles. The second kappa shape index (κ2) is 5.51. The lowest BCUT2D eigenvalue weighted by Gasteiger charge is -2.09. The summed E-state index contributed by atoms with van der Waals surface area (Å²) < 4.78 is 47.2. The highest BCUT2D eigenvalue weighted by atomic mass is 19.3. The Balaban J connectivity index is 3.16. The number of esters is 1. The lowest BCUT2D eigenvalue weighted by molar-refractivity contribution is -0.139. The Kier molecular flexibility index (Phi) is 4.30. The normalized spacial score (nSPS) is 10.5. The van der Waals surface area contributed by atoms with Gasteiger partial charge in [-0.3, -0.25) is 4.79 Å². The number of halogens is 3. The minimum absolute atomic E-state index is 0.205. The van der Waals surface area contributed by atoms with E-state index in [9.17, 15) is 18.0 Å². The average Bonchev–Trinajstić information content (AvgIpc) is 2.30. The van der Waals surface area contributed by atoms with Gasteiger partial charge >= 0.3 is 5.97 Å². The van der Waals surface area contributed by atoms with Gasteiger partial charge in [-0.25, -0.2) is 18.2 Å². The quantitative estimate of drug-likeness (QED) is 0.764. The molecule has 0 saturated carbocycles. The zero-order valence-electron chi connectivity index (χ0n) is 9.17. The Hall–Kier alpha value is -1.79. The first kappa shape index (κ1) is 13.3. The van der Waals surface area contributed by atoms with Crippen LogP contribution in [-0.2, 0) is 16.0 Å². The van der Waals surface area contributed by atoms with Gasteiger partial charge in [-0.2, -0.15) is 0 Å². The van der Waals surface area contributed by atoms with Gasteiger partial charge in [0.2, 0.25) is 5.88 Å². The molecular weight excluding hydrogens is 239 g/mol. The number of methoxy groups -OCH3 is 2. The Bertz CT molecular complexity index is 424. The maximum atomic E-state index is 13.5. The Labute approximate surface area is 95.4 Å². The van der Waals surface area contributed by atoms with E-state index in [2.05, 4.69) is 14.5 Å². The summed E-state index contributed by atoms with van der Waals surface area (Å²) in [4.78, 5) is 14.4. The maximum absolute atomic E-state index is 13.5. The van der Waals surface area contributed by atoms with Crippen molar-refractivity contribution in [2.24, 2.45) is 0 Å². The van der Waals surface area contributed by atoms with Gasteiger partial charge in [-0.05, 0) is 0 Å². The number of ether oxygens (including phenoxy) is 2. The van der Waals surface area contributed by atoms with Crippen molar-refractivity contribution >= 4 is 5.97 Å². The molecule has 0 bridgehead atoms. The monoisotopic (exact) mass is 249 g/mol. The van der Waals surface area contributed by atoms with Crippen molar-refractivity contribution in [3.8, 4) is 5.88 Å². The molecule has 0 aliphatic carbocycles. The number of rotatable bonds is 4. The highest BCUT2D eigenvalue weighted by Crippen LogP contribution is 2.26. The van der Waals surface area contributed by atoms with Crippen LogP contribution in [0.15, 0.2) is 6.07 Å². The Morgan fingerprint density at radius 2 is 2.12 bits per heavy atom. The summed E-state index contributed by atoms with van der Waals surface area (Å²) in [5.74, 6) is -2.03. The summed E-state index contributed by atoms with van der Waals surface area (Å²) in [6, 6.07) is 0.575. The van der Waals surface area contributed by atoms with E-state index in [1.54, 1.807) is 0 Å². The van der Waals surface area contributed by atoms with E-state index in [0.717, 1.165) is 14.2 Å². The third-order valence-electron chi connectivity index (χ3n) is 2.02. The van der Waals surface area contributed by atoms with Gasteiger partial charge in [-0.15, -0.1) is 0 Å². The van der Waals surface area contributed by atoms with Gasteiger partial charge in [0.1, 0.15) is 11.5 Å². The van der Waals surface area contributed by atoms with Crippen molar-refractivity contribution < 1.29 is 27.4 Å². The highest BCUT2D eigenvalue weighted by molar-refractivity contribution is 5.73. The van der Waals surface area contributed by atoms with Crippen molar-refractivity contribution in [3.05, 3.63) is 23.1 Å². The van der Waals surface area contributed by atoms with Crippen LogP contribution in [0.5, 0.6) is 5.88 Å². The van der Waals surface area contributed by atoms with E-state index in [1.807, 2.05) is 0 Å². The molecule has 0 N–H and O–H groups in total. The minimum Gasteiger partial charge on any atom is -0.481 e. The summed E-state index contributed by atoms with van der Waals surface area (Å²) in [7, 11) is 2.28. The van der Waals surface area contributed by atoms with Crippen LogP contribution in [0.1, 0.15) is 17.7 Å². The summed E-state index contributed by atoms with van der Waals surface area (Å²) in [6.07, 6.45) is -3.34. The van der Waals surface area contributed by atoms with Gasteiger partial charge in [0, 0.05) is 6.07 Å². The van der Waals surface area contributed by atoms with E-state index in [1.165, 1.54) is 0 Å². The fourth-order valence-electron chi connectivity index (χ4n) is 1.19. The van der Waals surface area contributed by atoms with Crippen LogP contribution in [-0.4, -0.2) is 25.2 Å². The predicted molar refractivity (Wildman–Crippen MR) is 51.4 cm³/mol. The van der Waals surface area contributed by atoms with Crippen molar-refractivity contribution in [1.29, 1.82) is 0 Å². The molecule has 1 aromatic rings. The van der Waals surface area contributed by atoms with Crippen LogP contribution in [0.25, 0.3) is 0 Å². The summed E-state index contributed by atoms with van der Waals surface area (Å²) in [5, 5.41) is 0. The van der Waals surface area contributed by atoms with Gasteiger partial charge in [0.05, 0.1) is 26.2 Å². The molecule has 0 radical (unpaired) electrons. The number of hydrogen-bond donors (Lipinski definition) is 0. The molecule has 0 fully saturated rings. The number of hydrogen-bond acceptors (Lipinski definition) is 4. The summed E-state index contributed by atoms with van der Waals surface area (Å²) in [5.41, 5.74) is -0.947. The third kappa shape index (κ3) is 3.08. The molecule has 0 amide bonds. The maximum Gasteiger partial charge on any atom is 0.310 e. The van der Waals surface area contributed by atoms with E-state index in [0.29, 0.717) is 6.07 Å². The van der Waals surface area contributed by atoms with Gasteiger partial charge < -0.3 is 9.47 Å². The van der Waals surface area contributed by atoms with E-state index in [4.69, 9.17) is 0 Å². The van der Waals surface area contributed by atoms with Crippen molar-refractivity contribution in [2.45, 2.75) is 12.8 Å². The van der Waals surface area contributed by atoms with Gasteiger partial charge in [-0.1, -0.05) is 0 Å². The van der Waals surface area contributed by atoms with Gasteiger partial charge in [0.15, 0.2) is 0 Å². The number of carbonyl (C=O) groups excluding carboxylic acids is 1. The summed E-state index contributed by atoms with van der Waals surface area (Å²) in [6.45, 7) is 0. The number of pyridine rings is 1. The second-order valence-electron chi connectivity index (χ2n) is 3.07. The fourth-order valence-corrected chi connectivity index (χ4v) is 1.19. The zero-order valence-corrected chi connectivity index (χ0v) is 9.17. The number of carbonyl (C=O) groups is 1. The minimum atomic E-state index is -2.91. The molecule has 7 heteroatoms. The SMILES string of the molecule is COC(=O)Cc1c(F)cc(C(F)F)nc1OC. The smallest absolute Gasteiger partial charge is 0.310 e. The molecule has 0 unspecified atom stereocenters. The Morgan fingerprint density at radius 3 is 2.59 bits per heavy atom. The van der Waals surface area contributed by atoms with Crippen LogP contribution in [0.2, 0.25) is 0 Å². The second-order valence-corrected chi connectivity index (χ2v) is 3.07. The van der Waals surface area contributed by atoms with Crippen LogP contribution < -0.4 is 4.74 Å². The molecule has 94 valence electrons. The first-order chi connectivity index (χ1) is 7.99. The van der Waals surface area contributed by atoms with Crippen molar-refractivity contribution in [1.82, 2.24) is 4.98 Å². The molecule has 4 nitrogen and oxygen atoms in total. The highest BCUT2D eigenvalue weighted by Gasteiger charge is 2.20. The van der Waals surface area contributed by atoms with E-state index in [-0.39, 0.29) is 11.4 Å². The average molecular weight is 249 g/mol. The number of nitrogens with zero attached hydrogens (tertiary/aromatic N) is 1. The number of alkyl halides is 2. The molecule has 0 atom stereocenters.